The SMILES string of the molecule is O=c1cc(S)c2ccccc2o1. The molecule has 0 unspecified atom stereocenters. The van der Waals surface area contributed by atoms with Crippen LogP contribution in [0.1, 0.15) is 0 Å². The molecule has 0 saturated heterocycles. The summed E-state index contributed by atoms with van der Waals surface area (Å²) in [6.07, 6.45) is 0. The monoisotopic (exact) mass is 178 g/mol. The molecule has 0 spiro atoms. The number of hydrogen-bond acceptors (Lipinski definition) is 3. The van der Waals surface area contributed by atoms with E-state index >= 15 is 0 Å². The number of thiol groups is 1. The van der Waals surface area contributed by atoms with E-state index in [4.69, 9.17) is 4.42 Å². The molecule has 0 saturated carbocycles. The summed E-state index contributed by atoms with van der Waals surface area (Å²) in [6, 6.07) is 8.67. The third kappa shape index (κ3) is 1.12. The van der Waals surface area contributed by atoms with Gasteiger partial charge in [0.25, 0.3) is 0 Å². The highest BCUT2D eigenvalue weighted by molar-refractivity contribution is 7.80. The first kappa shape index (κ1) is 7.43. The fourth-order valence-electron chi connectivity index (χ4n) is 1.09. The van der Waals surface area contributed by atoms with Crippen molar-refractivity contribution in [3.8, 4) is 0 Å². The van der Waals surface area contributed by atoms with Crippen molar-refractivity contribution in [2.24, 2.45) is 0 Å². The molecular formula is C9H6O2S. The van der Waals surface area contributed by atoms with Crippen LogP contribution in [0.5, 0.6) is 0 Å². The lowest BCUT2D eigenvalue weighted by Crippen LogP contribution is -1.95. The van der Waals surface area contributed by atoms with Gasteiger partial charge >= 0.3 is 5.63 Å². The van der Waals surface area contributed by atoms with Gasteiger partial charge < -0.3 is 4.42 Å². The predicted octanol–water partition coefficient (Wildman–Crippen LogP) is 2.08. The molecule has 3 heteroatoms. The number of rotatable bonds is 0. The maximum Gasteiger partial charge on any atom is 0.337 e. The Balaban J connectivity index is 2.99. The van der Waals surface area contributed by atoms with Crippen LogP contribution in [0.2, 0.25) is 0 Å². The quantitative estimate of drug-likeness (QED) is 0.494. The van der Waals surface area contributed by atoms with Crippen molar-refractivity contribution in [1.29, 1.82) is 0 Å². The van der Waals surface area contributed by atoms with Crippen molar-refractivity contribution in [3.05, 3.63) is 40.8 Å². The van der Waals surface area contributed by atoms with Gasteiger partial charge in [0.15, 0.2) is 0 Å². The molecule has 0 amide bonds. The molecule has 1 aromatic carbocycles. The topological polar surface area (TPSA) is 30.2 Å². The Labute approximate surface area is 74.2 Å². The summed E-state index contributed by atoms with van der Waals surface area (Å²) >= 11 is 4.16. The van der Waals surface area contributed by atoms with Gasteiger partial charge in [-0.1, -0.05) is 18.2 Å². The Morgan fingerprint density at radius 3 is 2.83 bits per heavy atom. The molecule has 2 rings (SSSR count). The van der Waals surface area contributed by atoms with Gasteiger partial charge in [-0.15, -0.1) is 12.6 Å². The van der Waals surface area contributed by atoms with Gasteiger partial charge in [0.2, 0.25) is 0 Å². The molecule has 0 N–H and O–H groups in total. The summed E-state index contributed by atoms with van der Waals surface area (Å²) in [7, 11) is 0. The zero-order valence-electron chi connectivity index (χ0n) is 6.15. The van der Waals surface area contributed by atoms with Crippen molar-refractivity contribution in [2.75, 3.05) is 0 Å². The van der Waals surface area contributed by atoms with Crippen molar-refractivity contribution >= 4 is 23.6 Å². The van der Waals surface area contributed by atoms with E-state index in [-0.39, 0.29) is 5.63 Å². The van der Waals surface area contributed by atoms with Crippen molar-refractivity contribution in [2.45, 2.75) is 4.90 Å². The minimum Gasteiger partial charge on any atom is -0.423 e. The summed E-state index contributed by atoms with van der Waals surface area (Å²) in [5, 5.41) is 0.862. The average Bonchev–Trinajstić information content (AvgIpc) is 2.04. The van der Waals surface area contributed by atoms with E-state index in [1.807, 2.05) is 18.2 Å². The molecular weight excluding hydrogens is 172 g/mol. The van der Waals surface area contributed by atoms with Crippen LogP contribution < -0.4 is 5.63 Å². The zero-order chi connectivity index (χ0) is 8.55. The number of fused-ring (bicyclic) bond motifs is 1. The van der Waals surface area contributed by atoms with Gasteiger partial charge in [-0.25, -0.2) is 4.79 Å². The first-order valence-electron chi connectivity index (χ1n) is 3.49. The minimum atomic E-state index is -0.362. The largest absolute Gasteiger partial charge is 0.423 e. The van der Waals surface area contributed by atoms with E-state index in [0.29, 0.717) is 10.5 Å². The summed E-state index contributed by atoms with van der Waals surface area (Å²) in [5.74, 6) is 0. The lowest BCUT2D eigenvalue weighted by molar-refractivity contribution is 0.557. The summed E-state index contributed by atoms with van der Waals surface area (Å²) in [6.45, 7) is 0. The van der Waals surface area contributed by atoms with E-state index < -0.39 is 0 Å². The standard InChI is InChI=1S/C9H6O2S/c10-9-5-8(12)6-3-1-2-4-7(6)11-9/h1-5,12H. The average molecular weight is 178 g/mol. The molecule has 12 heavy (non-hydrogen) atoms. The van der Waals surface area contributed by atoms with E-state index in [1.54, 1.807) is 6.07 Å². The van der Waals surface area contributed by atoms with Gasteiger partial charge in [-0.05, 0) is 6.07 Å². The van der Waals surface area contributed by atoms with E-state index in [9.17, 15) is 4.79 Å². The van der Waals surface area contributed by atoms with Crippen LogP contribution in [-0.4, -0.2) is 0 Å². The molecule has 0 aliphatic rings. The molecule has 1 heterocycles. The lowest BCUT2D eigenvalue weighted by atomic mass is 10.2. The molecule has 60 valence electrons. The fraction of sp³-hybridized carbons (Fsp3) is 0. The zero-order valence-corrected chi connectivity index (χ0v) is 7.04. The molecule has 2 aromatic rings. The third-order valence-corrected chi connectivity index (χ3v) is 2.00. The first-order chi connectivity index (χ1) is 5.77. The van der Waals surface area contributed by atoms with Crippen LogP contribution in [0.15, 0.2) is 44.4 Å². The van der Waals surface area contributed by atoms with Gasteiger partial charge in [-0.2, -0.15) is 0 Å². The Bertz CT molecular complexity index is 473. The number of benzene rings is 1. The highest BCUT2D eigenvalue weighted by Crippen LogP contribution is 2.18. The Morgan fingerprint density at radius 1 is 1.25 bits per heavy atom. The second kappa shape index (κ2) is 2.68. The Hall–Kier alpha value is -1.22. The molecule has 0 bridgehead atoms. The van der Waals surface area contributed by atoms with Gasteiger partial charge in [0.1, 0.15) is 5.58 Å². The molecule has 0 atom stereocenters. The molecule has 1 aromatic heterocycles. The highest BCUT2D eigenvalue weighted by Gasteiger charge is 1.99. The number of para-hydroxylation sites is 1. The molecule has 0 aliphatic heterocycles. The van der Waals surface area contributed by atoms with Gasteiger partial charge in [-0.3, -0.25) is 0 Å². The normalized spacial score (nSPS) is 10.4. The van der Waals surface area contributed by atoms with Crippen LogP contribution in [-0.2, 0) is 0 Å². The summed E-state index contributed by atoms with van der Waals surface area (Å²) in [4.78, 5) is 11.5. The smallest absolute Gasteiger partial charge is 0.337 e. The Kier molecular flexibility index (Phi) is 1.66. The molecule has 0 fully saturated rings. The van der Waals surface area contributed by atoms with Crippen LogP contribution in [0.3, 0.4) is 0 Å². The lowest BCUT2D eigenvalue weighted by Gasteiger charge is -1.96. The van der Waals surface area contributed by atoms with E-state index in [2.05, 4.69) is 12.6 Å². The van der Waals surface area contributed by atoms with E-state index in [1.165, 1.54) is 6.07 Å². The van der Waals surface area contributed by atoms with Crippen LogP contribution in [0, 0.1) is 0 Å². The van der Waals surface area contributed by atoms with Crippen molar-refractivity contribution in [1.82, 2.24) is 0 Å². The highest BCUT2D eigenvalue weighted by atomic mass is 32.1. The van der Waals surface area contributed by atoms with E-state index in [0.717, 1.165) is 5.39 Å². The summed E-state index contributed by atoms with van der Waals surface area (Å²) < 4.78 is 4.94. The Morgan fingerprint density at radius 2 is 2.00 bits per heavy atom. The minimum absolute atomic E-state index is 0.362. The van der Waals surface area contributed by atoms with Crippen molar-refractivity contribution < 1.29 is 4.42 Å². The van der Waals surface area contributed by atoms with Crippen LogP contribution in [0.25, 0.3) is 11.0 Å². The third-order valence-electron chi connectivity index (χ3n) is 1.63. The van der Waals surface area contributed by atoms with Crippen LogP contribution >= 0.6 is 12.6 Å². The molecule has 0 aliphatic carbocycles. The van der Waals surface area contributed by atoms with Gasteiger partial charge in [0.05, 0.1) is 0 Å². The van der Waals surface area contributed by atoms with Crippen LogP contribution in [0.4, 0.5) is 0 Å². The second-order valence-corrected chi connectivity index (χ2v) is 2.93. The summed E-state index contributed by atoms with van der Waals surface area (Å²) in [5.41, 5.74) is 0.216. The van der Waals surface area contributed by atoms with Gasteiger partial charge in [0, 0.05) is 16.3 Å². The maximum absolute atomic E-state index is 10.9. The molecule has 2 nitrogen and oxygen atoms in total. The fourth-order valence-corrected chi connectivity index (χ4v) is 1.38. The second-order valence-electron chi connectivity index (χ2n) is 2.45. The maximum atomic E-state index is 10.9. The predicted molar refractivity (Wildman–Crippen MR) is 49.7 cm³/mol. The molecule has 0 radical (unpaired) electrons. The first-order valence-corrected chi connectivity index (χ1v) is 3.94. The van der Waals surface area contributed by atoms with Crippen molar-refractivity contribution in [3.63, 3.8) is 0 Å². The number of hydrogen-bond donors (Lipinski definition) is 1.